The number of hydrogen-bond donors (Lipinski definition) is 0. The molecule has 31 heavy (non-hydrogen) atoms. The summed E-state index contributed by atoms with van der Waals surface area (Å²) in [6.07, 6.45) is 4.42. The molecule has 0 spiro atoms. The van der Waals surface area contributed by atoms with Crippen molar-refractivity contribution in [1.82, 2.24) is 0 Å². The minimum Gasteiger partial charge on any atom is -0.203 e. The van der Waals surface area contributed by atoms with Crippen LogP contribution in [0.5, 0.6) is 0 Å². The second-order valence-corrected chi connectivity index (χ2v) is 7.96. The minimum absolute atomic E-state index is 0.226. The van der Waals surface area contributed by atoms with Gasteiger partial charge in [0.2, 0.25) is 0 Å². The van der Waals surface area contributed by atoms with Crippen molar-refractivity contribution in [1.29, 1.82) is 0 Å². The van der Waals surface area contributed by atoms with E-state index >= 15 is 0 Å². The van der Waals surface area contributed by atoms with Gasteiger partial charge in [-0.2, -0.15) is 0 Å². The fourth-order valence-electron chi connectivity index (χ4n) is 3.79. The van der Waals surface area contributed by atoms with Gasteiger partial charge in [-0.05, 0) is 59.9 Å². The van der Waals surface area contributed by atoms with Crippen LogP contribution in [0, 0.1) is 23.3 Å². The molecule has 0 aromatic heterocycles. The molecule has 0 unspecified atom stereocenters. The van der Waals surface area contributed by atoms with Gasteiger partial charge in [0.1, 0.15) is 0 Å². The number of unbranched alkanes of at least 4 members (excludes halogenated alkanes) is 1. The molecule has 0 aliphatic carbocycles. The second-order valence-electron chi connectivity index (χ2n) is 7.96. The van der Waals surface area contributed by atoms with E-state index in [1.807, 2.05) is 26.0 Å². The number of benzene rings is 3. The lowest BCUT2D eigenvalue weighted by Gasteiger charge is -2.10. The highest BCUT2D eigenvalue weighted by Crippen LogP contribution is 2.28. The first kappa shape index (κ1) is 23.1. The fourth-order valence-corrected chi connectivity index (χ4v) is 3.79. The van der Waals surface area contributed by atoms with Gasteiger partial charge in [0.25, 0.3) is 0 Å². The molecule has 4 heteroatoms. The topological polar surface area (TPSA) is 0 Å². The van der Waals surface area contributed by atoms with Crippen LogP contribution >= 0.6 is 0 Å². The zero-order valence-electron chi connectivity index (χ0n) is 18.1. The largest absolute Gasteiger partial charge is 0.203 e. The molecule has 0 atom stereocenters. The van der Waals surface area contributed by atoms with Crippen LogP contribution < -0.4 is 0 Å². The molecule has 0 bridgehead atoms. The van der Waals surface area contributed by atoms with Crippen LogP contribution in [0.3, 0.4) is 0 Å². The summed E-state index contributed by atoms with van der Waals surface area (Å²) in [7, 11) is 0. The first-order valence-electron chi connectivity index (χ1n) is 11.0. The molecule has 0 amide bonds. The molecule has 0 saturated carbocycles. The smallest absolute Gasteiger partial charge is 0.166 e. The Hall–Kier alpha value is -2.62. The molecular formula is C27H28F4. The Morgan fingerprint density at radius 1 is 0.516 bits per heavy atom. The summed E-state index contributed by atoms with van der Waals surface area (Å²) >= 11 is 0. The van der Waals surface area contributed by atoms with Crippen LogP contribution in [-0.4, -0.2) is 0 Å². The predicted octanol–water partition coefficient (Wildman–Crippen LogP) is 7.99. The number of hydrogen-bond acceptors (Lipinski definition) is 0. The lowest BCUT2D eigenvalue weighted by atomic mass is 9.97. The zero-order chi connectivity index (χ0) is 22.4. The standard InChI is InChI=1S/C27H28F4/c1-3-5-7-21-16-17-23(27(31)26(21)30)19-11-8-18(9-12-19)10-13-22-15-14-20(6-4-2)24(28)25(22)29/h8-9,11-12,14-17H,3-7,10,13H2,1-2H3. The van der Waals surface area contributed by atoms with Gasteiger partial charge >= 0.3 is 0 Å². The van der Waals surface area contributed by atoms with Crippen LogP contribution in [-0.2, 0) is 25.7 Å². The molecule has 0 heterocycles. The molecule has 0 nitrogen and oxygen atoms in total. The lowest BCUT2D eigenvalue weighted by Crippen LogP contribution is -2.01. The number of rotatable bonds is 9. The van der Waals surface area contributed by atoms with E-state index in [1.54, 1.807) is 36.4 Å². The van der Waals surface area contributed by atoms with Crippen molar-refractivity contribution < 1.29 is 17.6 Å². The minimum atomic E-state index is -0.828. The Bertz CT molecular complexity index is 1020. The van der Waals surface area contributed by atoms with Gasteiger partial charge in [0.15, 0.2) is 23.3 Å². The highest BCUT2D eigenvalue weighted by atomic mass is 19.2. The number of halogens is 4. The van der Waals surface area contributed by atoms with Gasteiger partial charge in [-0.25, -0.2) is 17.6 Å². The SMILES string of the molecule is CCCCc1ccc(-c2ccc(CCc3ccc(CCC)c(F)c3F)cc2)c(F)c1F. The Morgan fingerprint density at radius 2 is 1.06 bits per heavy atom. The van der Waals surface area contributed by atoms with Gasteiger partial charge in [0.05, 0.1) is 0 Å². The van der Waals surface area contributed by atoms with Crippen LogP contribution in [0.4, 0.5) is 17.6 Å². The highest BCUT2D eigenvalue weighted by Gasteiger charge is 2.15. The van der Waals surface area contributed by atoms with E-state index in [1.165, 1.54) is 0 Å². The van der Waals surface area contributed by atoms with E-state index in [2.05, 4.69) is 0 Å². The van der Waals surface area contributed by atoms with E-state index in [9.17, 15) is 17.6 Å². The molecule has 0 saturated heterocycles. The molecule has 0 fully saturated rings. The van der Waals surface area contributed by atoms with Gasteiger partial charge in [-0.15, -0.1) is 0 Å². The first-order valence-corrected chi connectivity index (χ1v) is 11.0. The van der Waals surface area contributed by atoms with Crippen molar-refractivity contribution in [3.05, 3.63) is 94.1 Å². The Labute approximate surface area is 181 Å². The maximum atomic E-state index is 14.6. The van der Waals surface area contributed by atoms with Crippen molar-refractivity contribution in [2.24, 2.45) is 0 Å². The average Bonchev–Trinajstić information content (AvgIpc) is 2.78. The normalized spacial score (nSPS) is 11.2. The maximum absolute atomic E-state index is 14.6. The number of aryl methyl sites for hydroxylation is 4. The Kier molecular flexibility index (Phi) is 7.89. The van der Waals surface area contributed by atoms with E-state index in [-0.39, 0.29) is 5.56 Å². The van der Waals surface area contributed by atoms with Gasteiger partial charge in [0, 0.05) is 5.56 Å². The molecule has 3 aromatic rings. The summed E-state index contributed by atoms with van der Waals surface area (Å²) in [6.45, 7) is 3.94. The summed E-state index contributed by atoms with van der Waals surface area (Å²) in [6, 6.07) is 13.7. The molecular weight excluding hydrogens is 400 g/mol. The van der Waals surface area contributed by atoms with Crippen molar-refractivity contribution in [3.8, 4) is 11.1 Å². The molecule has 3 rings (SSSR count). The Morgan fingerprint density at radius 3 is 1.68 bits per heavy atom. The van der Waals surface area contributed by atoms with Crippen molar-refractivity contribution >= 4 is 0 Å². The fraction of sp³-hybridized carbons (Fsp3) is 0.333. The molecule has 0 aliphatic heterocycles. The summed E-state index contributed by atoms with van der Waals surface area (Å²) in [5.74, 6) is -3.14. The molecule has 164 valence electrons. The van der Waals surface area contributed by atoms with Gasteiger partial charge < -0.3 is 0 Å². The molecule has 0 aliphatic rings. The third-order valence-electron chi connectivity index (χ3n) is 5.67. The summed E-state index contributed by atoms with van der Waals surface area (Å²) in [4.78, 5) is 0. The van der Waals surface area contributed by atoms with Crippen LogP contribution in [0.1, 0.15) is 55.4 Å². The van der Waals surface area contributed by atoms with Crippen molar-refractivity contribution in [3.63, 3.8) is 0 Å². The predicted molar refractivity (Wildman–Crippen MR) is 118 cm³/mol. The summed E-state index contributed by atoms with van der Waals surface area (Å²) < 4.78 is 57.4. The lowest BCUT2D eigenvalue weighted by molar-refractivity contribution is 0.488. The Balaban J connectivity index is 1.71. The van der Waals surface area contributed by atoms with Crippen molar-refractivity contribution in [2.45, 2.75) is 58.8 Å². The first-order chi connectivity index (χ1) is 15.0. The zero-order valence-corrected chi connectivity index (χ0v) is 18.1. The van der Waals surface area contributed by atoms with E-state index < -0.39 is 23.3 Å². The highest BCUT2D eigenvalue weighted by molar-refractivity contribution is 5.65. The van der Waals surface area contributed by atoms with Crippen LogP contribution in [0.2, 0.25) is 0 Å². The average molecular weight is 429 g/mol. The van der Waals surface area contributed by atoms with E-state index in [0.717, 1.165) is 24.8 Å². The summed E-state index contributed by atoms with van der Waals surface area (Å²) in [5, 5.41) is 0. The van der Waals surface area contributed by atoms with Gasteiger partial charge in [-0.1, -0.05) is 75.2 Å². The molecule has 0 radical (unpaired) electrons. The van der Waals surface area contributed by atoms with Crippen molar-refractivity contribution in [2.75, 3.05) is 0 Å². The monoisotopic (exact) mass is 428 g/mol. The third-order valence-corrected chi connectivity index (χ3v) is 5.67. The maximum Gasteiger partial charge on any atom is 0.166 e. The van der Waals surface area contributed by atoms with Crippen LogP contribution in [0.15, 0.2) is 48.5 Å². The third kappa shape index (κ3) is 5.36. The molecule has 0 N–H and O–H groups in total. The van der Waals surface area contributed by atoms with Gasteiger partial charge in [-0.3, -0.25) is 0 Å². The molecule has 3 aromatic carbocycles. The van der Waals surface area contributed by atoms with E-state index in [0.29, 0.717) is 47.9 Å². The summed E-state index contributed by atoms with van der Waals surface area (Å²) in [5.41, 5.74) is 2.88. The van der Waals surface area contributed by atoms with Crippen LogP contribution in [0.25, 0.3) is 11.1 Å². The quantitative estimate of drug-likeness (QED) is 0.303. The van der Waals surface area contributed by atoms with E-state index in [4.69, 9.17) is 0 Å². The second kappa shape index (κ2) is 10.6.